The molecule has 2 rings (SSSR count). The van der Waals surface area contributed by atoms with E-state index >= 15 is 0 Å². The average Bonchev–Trinajstić information content (AvgIpc) is 2.50. The normalized spacial score (nSPS) is 16.9. The Labute approximate surface area is 118 Å². The molecule has 1 aromatic heterocycles. The van der Waals surface area contributed by atoms with E-state index in [4.69, 9.17) is 5.21 Å². The first kappa shape index (κ1) is 14.5. The van der Waals surface area contributed by atoms with Crippen LogP contribution in [0.5, 0.6) is 0 Å². The molecule has 0 atom stereocenters. The number of carbonyl (C=O) groups is 1. The van der Waals surface area contributed by atoms with Gasteiger partial charge in [-0.1, -0.05) is 17.6 Å². The van der Waals surface area contributed by atoms with Crippen LogP contribution in [0.15, 0.2) is 29.6 Å². The van der Waals surface area contributed by atoms with E-state index in [9.17, 15) is 4.79 Å². The summed E-state index contributed by atoms with van der Waals surface area (Å²) in [4.78, 5) is 18.3. The van der Waals surface area contributed by atoms with Gasteiger partial charge in [0, 0.05) is 19.3 Å². The first-order valence-corrected chi connectivity index (χ1v) is 6.95. The van der Waals surface area contributed by atoms with E-state index < -0.39 is 5.91 Å². The Morgan fingerprint density at radius 3 is 2.80 bits per heavy atom. The van der Waals surface area contributed by atoms with Crippen LogP contribution in [0.3, 0.4) is 0 Å². The van der Waals surface area contributed by atoms with Crippen LogP contribution in [-0.2, 0) is 4.79 Å². The van der Waals surface area contributed by atoms with Gasteiger partial charge in [-0.25, -0.2) is 0 Å². The maximum Gasteiger partial charge on any atom is 0.275 e. The summed E-state index contributed by atoms with van der Waals surface area (Å²) in [7, 11) is 0. The van der Waals surface area contributed by atoms with E-state index in [-0.39, 0.29) is 5.71 Å². The fraction of sp³-hybridized carbons (Fsp3) is 0.500. The zero-order valence-electron chi connectivity index (χ0n) is 11.5. The highest BCUT2D eigenvalue weighted by Crippen LogP contribution is 2.07. The van der Waals surface area contributed by atoms with E-state index in [1.54, 1.807) is 24.4 Å². The number of likely N-dealkylation sites (tertiary alicyclic amines) is 1. The predicted molar refractivity (Wildman–Crippen MR) is 75.9 cm³/mol. The van der Waals surface area contributed by atoms with Gasteiger partial charge in [0.15, 0.2) is 5.71 Å². The van der Waals surface area contributed by atoms with Crippen molar-refractivity contribution in [2.24, 2.45) is 5.16 Å². The maximum atomic E-state index is 12.0. The molecule has 0 aliphatic carbocycles. The van der Waals surface area contributed by atoms with Crippen molar-refractivity contribution in [3.8, 4) is 0 Å². The highest BCUT2D eigenvalue weighted by atomic mass is 16.4. The summed E-state index contributed by atoms with van der Waals surface area (Å²) in [6.45, 7) is 3.56. The molecule has 0 aromatic carbocycles. The van der Waals surface area contributed by atoms with Crippen LogP contribution in [0.25, 0.3) is 0 Å². The Kier molecular flexibility index (Phi) is 5.49. The minimum atomic E-state index is -0.400. The van der Waals surface area contributed by atoms with Crippen molar-refractivity contribution < 1.29 is 10.0 Å². The number of hydrogen-bond acceptors (Lipinski definition) is 5. The van der Waals surface area contributed by atoms with E-state index in [2.05, 4.69) is 20.4 Å². The number of nitrogens with one attached hydrogen (secondary N) is 1. The van der Waals surface area contributed by atoms with Gasteiger partial charge >= 0.3 is 0 Å². The molecule has 0 saturated carbocycles. The zero-order valence-corrected chi connectivity index (χ0v) is 11.5. The lowest BCUT2D eigenvalue weighted by Gasteiger charge is -2.26. The Balaban J connectivity index is 1.81. The fourth-order valence-corrected chi connectivity index (χ4v) is 2.31. The number of oxime groups is 1. The second-order valence-corrected chi connectivity index (χ2v) is 4.82. The molecule has 1 fully saturated rings. The largest absolute Gasteiger partial charge is 0.410 e. The van der Waals surface area contributed by atoms with Crippen LogP contribution in [-0.4, -0.2) is 52.9 Å². The summed E-state index contributed by atoms with van der Waals surface area (Å²) in [5.74, 6) is -0.400. The maximum absolute atomic E-state index is 12.0. The lowest BCUT2D eigenvalue weighted by molar-refractivity contribution is -0.114. The molecule has 6 nitrogen and oxygen atoms in total. The first-order chi connectivity index (χ1) is 9.81. The van der Waals surface area contributed by atoms with Gasteiger partial charge in [-0.05, 0) is 38.1 Å². The SMILES string of the molecule is O=C(NCCN1CCCCC1)C(=NO)c1ccccn1. The standard InChI is InChI=1S/C14H20N4O2/c19-14(13(17-20)12-6-2-3-7-15-12)16-8-11-18-9-4-1-5-10-18/h2-3,6-7,20H,1,4-5,8-11H2,(H,16,19). The van der Waals surface area contributed by atoms with Gasteiger partial charge in [-0.3, -0.25) is 9.78 Å². The molecule has 1 aliphatic heterocycles. The minimum absolute atomic E-state index is 0.0516. The Morgan fingerprint density at radius 2 is 2.15 bits per heavy atom. The quantitative estimate of drug-likeness (QED) is 0.475. The monoisotopic (exact) mass is 276 g/mol. The molecule has 0 bridgehead atoms. The van der Waals surface area contributed by atoms with E-state index in [0.29, 0.717) is 12.2 Å². The molecular weight excluding hydrogens is 256 g/mol. The van der Waals surface area contributed by atoms with Crippen molar-refractivity contribution in [1.29, 1.82) is 0 Å². The lowest BCUT2D eigenvalue weighted by Crippen LogP contribution is -2.40. The van der Waals surface area contributed by atoms with Crippen LogP contribution in [0.2, 0.25) is 0 Å². The van der Waals surface area contributed by atoms with Crippen LogP contribution < -0.4 is 5.32 Å². The third kappa shape index (κ3) is 4.03. The average molecular weight is 276 g/mol. The number of pyridine rings is 1. The van der Waals surface area contributed by atoms with Crippen molar-refractivity contribution in [1.82, 2.24) is 15.2 Å². The van der Waals surface area contributed by atoms with Gasteiger partial charge in [0.05, 0.1) is 5.69 Å². The smallest absolute Gasteiger partial charge is 0.275 e. The molecule has 1 aliphatic rings. The summed E-state index contributed by atoms with van der Waals surface area (Å²) in [6, 6.07) is 5.13. The Hall–Kier alpha value is -1.95. The van der Waals surface area contributed by atoms with Crippen molar-refractivity contribution in [2.75, 3.05) is 26.2 Å². The third-order valence-electron chi connectivity index (χ3n) is 3.38. The van der Waals surface area contributed by atoms with Gasteiger partial charge in [0.2, 0.25) is 0 Å². The predicted octanol–water partition coefficient (Wildman–Crippen LogP) is 0.862. The molecule has 0 unspecified atom stereocenters. The number of aromatic nitrogens is 1. The molecule has 1 amide bonds. The Morgan fingerprint density at radius 1 is 1.35 bits per heavy atom. The van der Waals surface area contributed by atoms with Crippen molar-refractivity contribution in [3.05, 3.63) is 30.1 Å². The zero-order chi connectivity index (χ0) is 14.2. The number of amides is 1. The highest BCUT2D eigenvalue weighted by Gasteiger charge is 2.16. The summed E-state index contributed by atoms with van der Waals surface area (Å²) >= 11 is 0. The number of hydrogen-bond donors (Lipinski definition) is 2. The topological polar surface area (TPSA) is 77.8 Å². The van der Waals surface area contributed by atoms with Crippen LogP contribution >= 0.6 is 0 Å². The Bertz CT molecular complexity index is 456. The van der Waals surface area contributed by atoms with E-state index in [1.165, 1.54) is 19.3 Å². The van der Waals surface area contributed by atoms with Gasteiger partial charge in [-0.2, -0.15) is 0 Å². The highest BCUT2D eigenvalue weighted by molar-refractivity contribution is 6.44. The van der Waals surface area contributed by atoms with E-state index in [1.807, 2.05) is 0 Å². The molecular formula is C14H20N4O2. The van der Waals surface area contributed by atoms with Gasteiger partial charge in [-0.15, -0.1) is 0 Å². The molecule has 1 saturated heterocycles. The van der Waals surface area contributed by atoms with Crippen molar-refractivity contribution in [2.45, 2.75) is 19.3 Å². The molecule has 0 spiro atoms. The molecule has 2 heterocycles. The summed E-state index contributed by atoms with van der Waals surface area (Å²) in [6.07, 6.45) is 5.31. The lowest BCUT2D eigenvalue weighted by atomic mass is 10.1. The second kappa shape index (κ2) is 7.59. The molecule has 20 heavy (non-hydrogen) atoms. The number of nitrogens with zero attached hydrogens (tertiary/aromatic N) is 3. The first-order valence-electron chi connectivity index (χ1n) is 6.95. The van der Waals surface area contributed by atoms with Gasteiger partial charge in [0.25, 0.3) is 5.91 Å². The van der Waals surface area contributed by atoms with Crippen LogP contribution in [0.4, 0.5) is 0 Å². The van der Waals surface area contributed by atoms with Gasteiger partial charge < -0.3 is 15.4 Å². The van der Waals surface area contributed by atoms with Crippen molar-refractivity contribution >= 4 is 11.6 Å². The fourth-order valence-electron chi connectivity index (χ4n) is 2.31. The summed E-state index contributed by atoms with van der Waals surface area (Å²) in [5.41, 5.74) is 0.315. The minimum Gasteiger partial charge on any atom is -0.410 e. The van der Waals surface area contributed by atoms with Gasteiger partial charge in [0.1, 0.15) is 0 Å². The number of piperidine rings is 1. The summed E-state index contributed by atoms with van der Waals surface area (Å²) in [5, 5.41) is 14.8. The van der Waals surface area contributed by atoms with Crippen LogP contribution in [0.1, 0.15) is 25.0 Å². The second-order valence-electron chi connectivity index (χ2n) is 4.82. The third-order valence-corrected chi connectivity index (χ3v) is 3.38. The van der Waals surface area contributed by atoms with Crippen molar-refractivity contribution in [3.63, 3.8) is 0 Å². The molecule has 108 valence electrons. The number of carbonyl (C=O) groups excluding carboxylic acids is 1. The number of rotatable bonds is 5. The molecule has 1 aromatic rings. The van der Waals surface area contributed by atoms with E-state index in [0.717, 1.165) is 19.6 Å². The van der Waals surface area contributed by atoms with Crippen LogP contribution in [0, 0.1) is 0 Å². The summed E-state index contributed by atoms with van der Waals surface area (Å²) < 4.78 is 0. The molecule has 2 N–H and O–H groups in total. The molecule has 6 heteroatoms. The molecule has 0 radical (unpaired) electrons.